The number of fused-ring (bicyclic) bond motifs is 1. The lowest BCUT2D eigenvalue weighted by Crippen LogP contribution is -2.30. The maximum absolute atomic E-state index is 6.15. The fraction of sp³-hybridized carbons (Fsp3) is 0.308. The Bertz CT molecular complexity index is 1140. The van der Waals surface area contributed by atoms with Crippen LogP contribution in [0, 0.1) is 5.92 Å². The third-order valence-electron chi connectivity index (χ3n) is 5.99. The Labute approximate surface area is 188 Å². The number of benzene rings is 2. The van der Waals surface area contributed by atoms with Crippen LogP contribution in [-0.4, -0.2) is 46.4 Å². The molecule has 6 nitrogen and oxygen atoms in total. The number of para-hydroxylation sites is 1. The molecule has 164 valence electrons. The topological polar surface area (TPSA) is 63.3 Å². The highest BCUT2D eigenvalue weighted by Crippen LogP contribution is 2.24. The lowest BCUT2D eigenvalue weighted by atomic mass is 9.97. The minimum absolute atomic E-state index is 0.432. The number of hydrogen-bond acceptors (Lipinski definition) is 5. The molecule has 1 N–H and O–H groups in total. The number of hydrogen-bond donors (Lipinski definition) is 1. The lowest BCUT2D eigenvalue weighted by Gasteiger charge is -2.24. The Morgan fingerprint density at radius 1 is 1.03 bits per heavy atom. The Morgan fingerprint density at radius 3 is 2.91 bits per heavy atom. The Balaban J connectivity index is 1.26. The van der Waals surface area contributed by atoms with Crippen molar-refractivity contribution in [3.8, 4) is 5.75 Å². The lowest BCUT2D eigenvalue weighted by molar-refractivity contribution is 0.122. The monoisotopic (exact) mass is 428 g/mol. The molecule has 0 bridgehead atoms. The summed E-state index contributed by atoms with van der Waals surface area (Å²) in [5.74, 6) is 1.36. The van der Waals surface area contributed by atoms with Gasteiger partial charge in [-0.3, -0.25) is 15.0 Å². The Morgan fingerprint density at radius 2 is 1.97 bits per heavy atom. The number of aromatic amines is 1. The maximum Gasteiger partial charge on any atom is 0.124 e. The smallest absolute Gasteiger partial charge is 0.124 e. The van der Waals surface area contributed by atoms with Crippen molar-refractivity contribution in [2.75, 3.05) is 26.3 Å². The van der Waals surface area contributed by atoms with Crippen LogP contribution in [0.25, 0.3) is 10.9 Å². The third-order valence-corrected chi connectivity index (χ3v) is 5.99. The first-order valence-corrected chi connectivity index (χ1v) is 11.2. The summed E-state index contributed by atoms with van der Waals surface area (Å²) in [6.45, 7) is 4.81. The van der Waals surface area contributed by atoms with E-state index in [1.165, 1.54) is 16.5 Å². The second-order valence-corrected chi connectivity index (χ2v) is 8.39. The van der Waals surface area contributed by atoms with Crippen LogP contribution in [0.1, 0.15) is 16.7 Å². The Hall–Kier alpha value is -3.22. The normalized spacial score (nSPS) is 17.3. The average molecular weight is 429 g/mol. The molecule has 0 spiro atoms. The van der Waals surface area contributed by atoms with Gasteiger partial charge in [0.05, 0.1) is 24.9 Å². The molecule has 2 aromatic carbocycles. The highest BCUT2D eigenvalue weighted by atomic mass is 16.5. The molecule has 6 heteroatoms. The van der Waals surface area contributed by atoms with Crippen LogP contribution in [0.4, 0.5) is 0 Å². The number of aromatic nitrogens is 3. The van der Waals surface area contributed by atoms with Crippen molar-refractivity contribution in [1.29, 1.82) is 0 Å². The number of nitrogens with one attached hydrogen (secondary N) is 1. The largest absolute Gasteiger partial charge is 0.489 e. The predicted octanol–water partition coefficient (Wildman–Crippen LogP) is 4.23. The third kappa shape index (κ3) is 4.98. The summed E-state index contributed by atoms with van der Waals surface area (Å²) >= 11 is 0. The van der Waals surface area contributed by atoms with Gasteiger partial charge in [0.25, 0.3) is 0 Å². The molecule has 1 aliphatic rings. The molecule has 1 atom stereocenters. The molecule has 1 saturated heterocycles. The minimum Gasteiger partial charge on any atom is -0.489 e. The van der Waals surface area contributed by atoms with Crippen molar-refractivity contribution in [1.82, 2.24) is 20.1 Å². The molecule has 32 heavy (non-hydrogen) atoms. The minimum atomic E-state index is 0.432. The van der Waals surface area contributed by atoms with E-state index < -0.39 is 0 Å². The second-order valence-electron chi connectivity index (χ2n) is 8.39. The standard InChI is InChI=1S/C26H28N4O2/c1-2-9-26(32-19-20-5-4-10-27-14-20)23(6-1)17-30-11-12-31-18-21(16-30)13-22-7-3-8-25-24(22)15-28-29-25/h1-10,14-15,21H,11-13,16-19H2,(H,28,29)/t21-/m0/s1. The fourth-order valence-corrected chi connectivity index (χ4v) is 4.40. The summed E-state index contributed by atoms with van der Waals surface area (Å²) in [4.78, 5) is 6.66. The summed E-state index contributed by atoms with van der Waals surface area (Å²) in [6.07, 6.45) is 6.53. The number of rotatable bonds is 7. The van der Waals surface area contributed by atoms with E-state index in [9.17, 15) is 0 Å². The molecule has 5 rings (SSSR count). The fourth-order valence-electron chi connectivity index (χ4n) is 4.40. The molecular formula is C26H28N4O2. The second kappa shape index (κ2) is 9.94. The summed E-state index contributed by atoms with van der Waals surface area (Å²) in [5.41, 5.74) is 4.69. The molecule has 0 amide bonds. The first-order chi connectivity index (χ1) is 15.8. The molecule has 0 aliphatic carbocycles. The summed E-state index contributed by atoms with van der Waals surface area (Å²) in [5, 5.41) is 8.49. The van der Waals surface area contributed by atoms with Gasteiger partial charge < -0.3 is 9.47 Å². The molecule has 2 aromatic heterocycles. The van der Waals surface area contributed by atoms with Crippen molar-refractivity contribution in [3.05, 3.63) is 89.9 Å². The molecule has 1 aliphatic heterocycles. The van der Waals surface area contributed by atoms with E-state index in [4.69, 9.17) is 9.47 Å². The number of ether oxygens (including phenoxy) is 2. The van der Waals surface area contributed by atoms with Gasteiger partial charge >= 0.3 is 0 Å². The van der Waals surface area contributed by atoms with Gasteiger partial charge in [-0.2, -0.15) is 5.10 Å². The van der Waals surface area contributed by atoms with Crippen LogP contribution in [0.5, 0.6) is 5.75 Å². The van der Waals surface area contributed by atoms with Gasteiger partial charge in [-0.1, -0.05) is 36.4 Å². The maximum atomic E-state index is 6.15. The molecule has 3 heterocycles. The number of pyridine rings is 1. The molecule has 0 saturated carbocycles. The van der Waals surface area contributed by atoms with E-state index in [2.05, 4.69) is 56.5 Å². The average Bonchev–Trinajstić information content (AvgIpc) is 3.21. The summed E-state index contributed by atoms with van der Waals surface area (Å²) in [6, 6.07) is 18.7. The molecular weight excluding hydrogens is 400 g/mol. The van der Waals surface area contributed by atoms with Crippen LogP contribution in [-0.2, 0) is 24.3 Å². The van der Waals surface area contributed by atoms with Gasteiger partial charge in [-0.25, -0.2) is 0 Å². The quantitative estimate of drug-likeness (QED) is 0.477. The van der Waals surface area contributed by atoms with Crippen molar-refractivity contribution in [2.45, 2.75) is 19.6 Å². The van der Waals surface area contributed by atoms with Crippen LogP contribution in [0.3, 0.4) is 0 Å². The van der Waals surface area contributed by atoms with Gasteiger partial charge in [0.1, 0.15) is 12.4 Å². The van der Waals surface area contributed by atoms with Gasteiger partial charge in [0.2, 0.25) is 0 Å². The number of nitrogens with zero attached hydrogens (tertiary/aromatic N) is 3. The zero-order valence-electron chi connectivity index (χ0n) is 18.1. The predicted molar refractivity (Wildman–Crippen MR) is 124 cm³/mol. The van der Waals surface area contributed by atoms with Gasteiger partial charge in [0, 0.05) is 48.5 Å². The van der Waals surface area contributed by atoms with Crippen molar-refractivity contribution < 1.29 is 9.47 Å². The Kier molecular flexibility index (Phi) is 6.42. The van der Waals surface area contributed by atoms with E-state index in [0.717, 1.165) is 56.1 Å². The SMILES string of the molecule is c1cncc(COc2ccccc2CN2CCOC[C@@H](Cc3cccc4[nH]ncc34)C2)c1. The molecule has 0 radical (unpaired) electrons. The van der Waals surface area contributed by atoms with Crippen molar-refractivity contribution >= 4 is 10.9 Å². The first kappa shape index (κ1) is 20.7. The van der Waals surface area contributed by atoms with E-state index in [-0.39, 0.29) is 0 Å². The van der Waals surface area contributed by atoms with Crippen LogP contribution < -0.4 is 4.74 Å². The van der Waals surface area contributed by atoms with E-state index in [0.29, 0.717) is 12.5 Å². The van der Waals surface area contributed by atoms with Gasteiger partial charge in [-0.15, -0.1) is 0 Å². The zero-order valence-corrected chi connectivity index (χ0v) is 18.1. The highest BCUT2D eigenvalue weighted by molar-refractivity contribution is 5.81. The van der Waals surface area contributed by atoms with Crippen molar-refractivity contribution in [2.24, 2.45) is 5.92 Å². The molecule has 1 fully saturated rings. The van der Waals surface area contributed by atoms with Crippen LogP contribution in [0.15, 0.2) is 73.2 Å². The zero-order chi connectivity index (χ0) is 21.6. The van der Waals surface area contributed by atoms with Crippen LogP contribution in [0.2, 0.25) is 0 Å². The highest BCUT2D eigenvalue weighted by Gasteiger charge is 2.21. The van der Waals surface area contributed by atoms with E-state index >= 15 is 0 Å². The van der Waals surface area contributed by atoms with Crippen LogP contribution >= 0.6 is 0 Å². The summed E-state index contributed by atoms with van der Waals surface area (Å²) in [7, 11) is 0. The molecule has 4 aromatic rings. The first-order valence-electron chi connectivity index (χ1n) is 11.2. The van der Waals surface area contributed by atoms with E-state index in [1.54, 1.807) is 6.20 Å². The van der Waals surface area contributed by atoms with Gasteiger partial charge in [-0.05, 0) is 36.1 Å². The van der Waals surface area contributed by atoms with E-state index in [1.807, 2.05) is 30.6 Å². The molecule has 0 unspecified atom stereocenters. The summed E-state index contributed by atoms with van der Waals surface area (Å²) < 4.78 is 12.1. The number of H-pyrrole nitrogens is 1. The van der Waals surface area contributed by atoms with Crippen molar-refractivity contribution in [3.63, 3.8) is 0 Å². The van der Waals surface area contributed by atoms with Gasteiger partial charge in [0.15, 0.2) is 0 Å².